The fourth-order valence-corrected chi connectivity index (χ4v) is 1.20. The van der Waals surface area contributed by atoms with Crippen LogP contribution in [0.25, 0.3) is 0 Å². The molecule has 0 amide bonds. The molecular formula is C8H8ClF3N4O2. The maximum Gasteiger partial charge on any atom is 0.493 e. The van der Waals surface area contributed by atoms with Crippen LogP contribution in [-0.2, 0) is 16.1 Å². The third-order valence-corrected chi connectivity index (χ3v) is 2.01. The molecule has 2 N–H and O–H groups in total. The summed E-state index contributed by atoms with van der Waals surface area (Å²) in [6.45, 7) is 1.69. The van der Waals surface area contributed by atoms with E-state index in [1.807, 2.05) is 0 Å². The molecule has 100 valence electrons. The predicted octanol–water partition coefficient (Wildman–Crippen LogP) is 1.39. The summed E-state index contributed by atoms with van der Waals surface area (Å²) in [6.07, 6.45) is -4.79. The summed E-state index contributed by atoms with van der Waals surface area (Å²) in [5.41, 5.74) is 0.382. The SMILES string of the molecule is CCc1cc(Cl)nnc1N(N)OC(=O)C(F)(F)F. The maximum absolute atomic E-state index is 12.0. The molecule has 1 aromatic rings. The van der Waals surface area contributed by atoms with Crippen molar-refractivity contribution in [3.8, 4) is 0 Å². The summed E-state index contributed by atoms with van der Waals surface area (Å²) in [5.74, 6) is 2.49. The van der Waals surface area contributed by atoms with Crippen LogP contribution < -0.4 is 11.0 Å². The van der Waals surface area contributed by atoms with Crippen LogP contribution in [-0.4, -0.2) is 22.3 Å². The monoisotopic (exact) mass is 284 g/mol. The van der Waals surface area contributed by atoms with Gasteiger partial charge >= 0.3 is 12.1 Å². The normalized spacial score (nSPS) is 11.2. The zero-order valence-corrected chi connectivity index (χ0v) is 9.79. The first kappa shape index (κ1) is 14.5. The standard InChI is InChI=1S/C8H8ClF3N4O2/c1-2-4-3-5(9)14-15-6(4)16(13)18-7(17)8(10,11)12/h3H,2,13H2,1H3. The van der Waals surface area contributed by atoms with Crippen molar-refractivity contribution in [3.63, 3.8) is 0 Å². The molecule has 0 fully saturated rings. The Morgan fingerprint density at radius 2 is 2.17 bits per heavy atom. The number of hydrogen-bond acceptors (Lipinski definition) is 6. The lowest BCUT2D eigenvalue weighted by atomic mass is 10.2. The number of hydrazine groups is 1. The van der Waals surface area contributed by atoms with Gasteiger partial charge in [0.25, 0.3) is 0 Å². The summed E-state index contributed by atoms with van der Waals surface area (Å²) >= 11 is 5.56. The molecule has 0 radical (unpaired) electrons. The van der Waals surface area contributed by atoms with E-state index in [0.717, 1.165) is 0 Å². The van der Waals surface area contributed by atoms with Crippen molar-refractivity contribution >= 4 is 23.4 Å². The van der Waals surface area contributed by atoms with Gasteiger partial charge in [0, 0.05) is 5.56 Å². The minimum Gasteiger partial charge on any atom is -0.315 e. The highest BCUT2D eigenvalue weighted by Crippen LogP contribution is 2.21. The Bertz CT molecular complexity index is 454. The number of nitrogens with zero attached hydrogens (tertiary/aromatic N) is 3. The van der Waals surface area contributed by atoms with Crippen LogP contribution in [0.2, 0.25) is 5.15 Å². The van der Waals surface area contributed by atoms with Crippen molar-refractivity contribution < 1.29 is 22.8 Å². The van der Waals surface area contributed by atoms with Crippen LogP contribution in [0.5, 0.6) is 0 Å². The number of aromatic nitrogens is 2. The van der Waals surface area contributed by atoms with Crippen LogP contribution in [0, 0.1) is 0 Å². The number of anilines is 1. The molecule has 6 nitrogen and oxygen atoms in total. The van der Waals surface area contributed by atoms with Crippen molar-refractivity contribution in [3.05, 3.63) is 16.8 Å². The third-order valence-electron chi connectivity index (χ3n) is 1.82. The van der Waals surface area contributed by atoms with Gasteiger partial charge in [-0.1, -0.05) is 18.5 Å². The number of hydrogen-bond donors (Lipinski definition) is 1. The minimum absolute atomic E-state index is 0.0474. The Hall–Kier alpha value is -1.61. The maximum atomic E-state index is 12.0. The van der Waals surface area contributed by atoms with Crippen molar-refractivity contribution in [1.29, 1.82) is 0 Å². The topological polar surface area (TPSA) is 81.3 Å². The quantitative estimate of drug-likeness (QED) is 0.667. The second-order valence-corrected chi connectivity index (χ2v) is 3.46. The van der Waals surface area contributed by atoms with Gasteiger partial charge in [-0.15, -0.1) is 15.4 Å². The van der Waals surface area contributed by atoms with Crippen LogP contribution in [0.3, 0.4) is 0 Å². The number of nitrogens with two attached hydrogens (primary N) is 1. The van der Waals surface area contributed by atoms with Gasteiger partial charge in [0.05, 0.1) is 0 Å². The second-order valence-electron chi connectivity index (χ2n) is 3.07. The number of alkyl halides is 3. The Morgan fingerprint density at radius 1 is 1.56 bits per heavy atom. The first-order chi connectivity index (χ1) is 8.25. The van der Waals surface area contributed by atoms with Gasteiger partial charge in [0.15, 0.2) is 5.15 Å². The summed E-state index contributed by atoms with van der Waals surface area (Å²) < 4.78 is 35.9. The van der Waals surface area contributed by atoms with E-state index in [4.69, 9.17) is 17.4 Å². The van der Waals surface area contributed by atoms with E-state index >= 15 is 0 Å². The molecule has 0 unspecified atom stereocenters. The summed E-state index contributed by atoms with van der Waals surface area (Å²) in [5, 5.41) is 7.01. The molecule has 18 heavy (non-hydrogen) atoms. The van der Waals surface area contributed by atoms with Crippen molar-refractivity contribution in [2.24, 2.45) is 5.84 Å². The Morgan fingerprint density at radius 3 is 2.67 bits per heavy atom. The smallest absolute Gasteiger partial charge is 0.315 e. The van der Waals surface area contributed by atoms with Crippen molar-refractivity contribution in [1.82, 2.24) is 10.2 Å². The molecule has 0 saturated carbocycles. The van der Waals surface area contributed by atoms with Gasteiger partial charge < -0.3 is 4.84 Å². The van der Waals surface area contributed by atoms with E-state index in [0.29, 0.717) is 12.0 Å². The van der Waals surface area contributed by atoms with Crippen LogP contribution in [0.4, 0.5) is 19.0 Å². The molecule has 0 aliphatic rings. The molecule has 1 rings (SSSR count). The average molecular weight is 285 g/mol. The van der Waals surface area contributed by atoms with E-state index in [2.05, 4.69) is 15.0 Å². The molecule has 10 heteroatoms. The molecule has 0 spiro atoms. The lowest BCUT2D eigenvalue weighted by molar-refractivity contribution is -0.201. The number of rotatable bonds is 3. The Labute approximate surface area is 104 Å². The van der Waals surface area contributed by atoms with E-state index < -0.39 is 12.1 Å². The number of carbonyl (C=O) groups excluding carboxylic acids is 1. The minimum atomic E-state index is -5.15. The zero-order chi connectivity index (χ0) is 13.9. The van der Waals surface area contributed by atoms with Crippen molar-refractivity contribution in [2.75, 3.05) is 5.17 Å². The molecule has 0 saturated heterocycles. The van der Waals surface area contributed by atoms with Crippen LogP contribution in [0.15, 0.2) is 6.07 Å². The van der Waals surface area contributed by atoms with Gasteiger partial charge in [-0.2, -0.15) is 13.2 Å². The van der Waals surface area contributed by atoms with Gasteiger partial charge in [0.1, 0.15) is 0 Å². The first-order valence-electron chi connectivity index (χ1n) is 4.61. The number of halogens is 4. The number of carbonyl (C=O) groups is 1. The lowest BCUT2D eigenvalue weighted by Gasteiger charge is -2.18. The Balaban J connectivity index is 2.91. The van der Waals surface area contributed by atoms with Gasteiger partial charge in [-0.05, 0) is 12.5 Å². The van der Waals surface area contributed by atoms with Crippen LogP contribution >= 0.6 is 11.6 Å². The molecule has 0 aliphatic carbocycles. The lowest BCUT2D eigenvalue weighted by Crippen LogP contribution is -2.40. The summed E-state index contributed by atoms with van der Waals surface area (Å²) in [6, 6.07) is 1.35. The average Bonchev–Trinajstić information content (AvgIpc) is 2.27. The van der Waals surface area contributed by atoms with Gasteiger partial charge in [-0.25, -0.2) is 10.6 Å². The third kappa shape index (κ3) is 3.44. The highest BCUT2D eigenvalue weighted by molar-refractivity contribution is 6.29. The first-order valence-corrected chi connectivity index (χ1v) is 4.99. The zero-order valence-electron chi connectivity index (χ0n) is 9.03. The molecule has 1 heterocycles. The van der Waals surface area contributed by atoms with E-state index in [1.165, 1.54) is 6.07 Å². The summed E-state index contributed by atoms with van der Waals surface area (Å²) in [4.78, 5) is 14.5. The second kappa shape index (κ2) is 5.36. The van der Waals surface area contributed by atoms with E-state index in [1.54, 1.807) is 6.92 Å². The van der Waals surface area contributed by atoms with Crippen molar-refractivity contribution in [2.45, 2.75) is 19.5 Å². The van der Waals surface area contributed by atoms with E-state index in [-0.39, 0.29) is 16.1 Å². The molecular weight excluding hydrogens is 277 g/mol. The summed E-state index contributed by atoms with van der Waals surface area (Å²) in [7, 11) is 0. The number of aryl methyl sites for hydroxylation is 1. The highest BCUT2D eigenvalue weighted by Gasteiger charge is 2.43. The van der Waals surface area contributed by atoms with Gasteiger partial charge in [-0.3, -0.25) is 0 Å². The molecule has 1 aromatic heterocycles. The van der Waals surface area contributed by atoms with Gasteiger partial charge in [0.2, 0.25) is 5.82 Å². The van der Waals surface area contributed by atoms with E-state index in [9.17, 15) is 18.0 Å². The largest absolute Gasteiger partial charge is 0.493 e. The Kier molecular flexibility index (Phi) is 4.30. The fraction of sp³-hybridized carbons (Fsp3) is 0.375. The van der Waals surface area contributed by atoms with Crippen LogP contribution in [0.1, 0.15) is 12.5 Å². The molecule has 0 bridgehead atoms. The fourth-order valence-electron chi connectivity index (χ4n) is 1.03. The molecule has 0 atom stereocenters. The predicted molar refractivity (Wildman–Crippen MR) is 55.2 cm³/mol. The molecule has 0 aliphatic heterocycles. The molecule has 0 aromatic carbocycles. The highest BCUT2D eigenvalue weighted by atomic mass is 35.5.